The molecule has 1 N–H and O–H groups in total. The summed E-state index contributed by atoms with van der Waals surface area (Å²) < 4.78 is 9.64. The van der Waals surface area contributed by atoms with Crippen LogP contribution in [0.25, 0.3) is 0 Å². The van der Waals surface area contributed by atoms with Gasteiger partial charge < -0.3 is 14.6 Å². The Kier molecular flexibility index (Phi) is 1.90. The van der Waals surface area contributed by atoms with Crippen LogP contribution in [0, 0.1) is 0 Å². The number of hydrogen-bond acceptors (Lipinski definition) is 4. The van der Waals surface area contributed by atoms with E-state index in [1.807, 2.05) is 0 Å². The second-order valence-corrected chi connectivity index (χ2v) is 2.87. The highest BCUT2D eigenvalue weighted by molar-refractivity contribution is 5.82. The van der Waals surface area contributed by atoms with Crippen molar-refractivity contribution in [3.8, 4) is 0 Å². The summed E-state index contributed by atoms with van der Waals surface area (Å²) >= 11 is 0. The molecule has 0 aromatic heterocycles. The van der Waals surface area contributed by atoms with Crippen molar-refractivity contribution in [2.45, 2.75) is 31.7 Å². The second kappa shape index (κ2) is 2.46. The molecule has 3 unspecified atom stereocenters. The van der Waals surface area contributed by atoms with Crippen molar-refractivity contribution >= 4 is 5.97 Å². The van der Waals surface area contributed by atoms with Gasteiger partial charge in [-0.3, -0.25) is 0 Å². The number of esters is 1. The Labute approximate surface area is 65.1 Å². The van der Waals surface area contributed by atoms with Gasteiger partial charge >= 0.3 is 5.97 Å². The van der Waals surface area contributed by atoms with E-state index in [0.717, 1.165) is 0 Å². The van der Waals surface area contributed by atoms with E-state index in [-0.39, 0.29) is 0 Å². The first-order chi connectivity index (χ1) is 5.02. The van der Waals surface area contributed by atoms with Crippen molar-refractivity contribution in [3.05, 3.63) is 0 Å². The van der Waals surface area contributed by atoms with Gasteiger partial charge in [-0.05, 0) is 13.8 Å². The van der Waals surface area contributed by atoms with Gasteiger partial charge in [-0.25, -0.2) is 4.79 Å². The van der Waals surface area contributed by atoms with E-state index in [2.05, 4.69) is 0 Å². The van der Waals surface area contributed by atoms with E-state index in [4.69, 9.17) is 9.47 Å². The Morgan fingerprint density at radius 3 is 2.45 bits per heavy atom. The Morgan fingerprint density at radius 1 is 1.73 bits per heavy atom. The summed E-state index contributed by atoms with van der Waals surface area (Å²) in [6, 6.07) is 0. The first kappa shape index (κ1) is 8.49. The fourth-order valence-corrected chi connectivity index (χ4v) is 1.12. The summed E-state index contributed by atoms with van der Waals surface area (Å²) in [7, 11) is 1.38. The van der Waals surface area contributed by atoms with Crippen LogP contribution in [0.15, 0.2) is 0 Å². The second-order valence-electron chi connectivity index (χ2n) is 2.87. The number of carbonyl (C=O) groups excluding carboxylic acids is 1. The third-order valence-corrected chi connectivity index (χ3v) is 2.13. The van der Waals surface area contributed by atoms with E-state index in [0.29, 0.717) is 0 Å². The van der Waals surface area contributed by atoms with Crippen molar-refractivity contribution < 1.29 is 19.4 Å². The van der Waals surface area contributed by atoms with Crippen LogP contribution in [0.5, 0.6) is 0 Å². The number of hydrogen-bond donors (Lipinski definition) is 1. The van der Waals surface area contributed by atoms with Crippen LogP contribution in [0.3, 0.4) is 0 Å². The number of cyclic esters (lactones) is 1. The largest absolute Gasteiger partial charge is 0.458 e. The molecule has 0 spiro atoms. The normalized spacial score (nSPS) is 44.2. The number of aliphatic hydroxyl groups is 1. The molecule has 1 saturated heterocycles. The van der Waals surface area contributed by atoms with Gasteiger partial charge in [-0.1, -0.05) is 0 Å². The van der Waals surface area contributed by atoms with Crippen LogP contribution in [-0.2, 0) is 14.3 Å². The molecule has 0 aromatic rings. The summed E-state index contributed by atoms with van der Waals surface area (Å²) in [6.07, 6.45) is -1.35. The lowest BCUT2D eigenvalue weighted by molar-refractivity contribution is -0.158. The maximum absolute atomic E-state index is 11.0. The molecular formula is C7H12O4. The van der Waals surface area contributed by atoms with Crippen molar-refractivity contribution in [2.75, 3.05) is 7.11 Å². The molecule has 1 rings (SSSR count). The highest BCUT2D eigenvalue weighted by atomic mass is 16.6. The molecular weight excluding hydrogens is 148 g/mol. The number of methoxy groups -OCH3 is 1. The predicted octanol–water partition coefficient (Wildman–Crippen LogP) is -0.302. The smallest absolute Gasteiger partial charge is 0.341 e. The van der Waals surface area contributed by atoms with Gasteiger partial charge in [0.25, 0.3) is 0 Å². The molecule has 0 bridgehead atoms. The van der Waals surface area contributed by atoms with E-state index >= 15 is 0 Å². The Hall–Kier alpha value is -0.610. The zero-order valence-electron chi connectivity index (χ0n) is 6.83. The number of rotatable bonds is 1. The summed E-state index contributed by atoms with van der Waals surface area (Å²) in [5, 5.41) is 9.42. The van der Waals surface area contributed by atoms with Gasteiger partial charge in [-0.2, -0.15) is 0 Å². The molecule has 1 heterocycles. The van der Waals surface area contributed by atoms with Crippen LogP contribution in [-0.4, -0.2) is 36.0 Å². The topological polar surface area (TPSA) is 55.8 Å². The van der Waals surface area contributed by atoms with E-state index in [9.17, 15) is 9.90 Å². The first-order valence-electron chi connectivity index (χ1n) is 3.46. The summed E-state index contributed by atoms with van der Waals surface area (Å²) in [5.74, 6) is -0.500. The molecule has 1 fully saturated rings. The van der Waals surface area contributed by atoms with Crippen LogP contribution < -0.4 is 0 Å². The molecule has 0 saturated carbocycles. The number of ether oxygens (including phenoxy) is 2. The Morgan fingerprint density at radius 2 is 2.27 bits per heavy atom. The van der Waals surface area contributed by atoms with Gasteiger partial charge in [0.05, 0.1) is 0 Å². The van der Waals surface area contributed by atoms with E-state index in [1.54, 1.807) is 6.92 Å². The van der Waals surface area contributed by atoms with Gasteiger partial charge in [-0.15, -0.1) is 0 Å². The minimum atomic E-state index is -1.18. The first-order valence-corrected chi connectivity index (χ1v) is 3.46. The average Bonchev–Trinajstić information content (AvgIpc) is 2.16. The van der Waals surface area contributed by atoms with Crippen LogP contribution in [0.2, 0.25) is 0 Å². The zero-order valence-corrected chi connectivity index (χ0v) is 6.83. The summed E-state index contributed by atoms with van der Waals surface area (Å²) in [5.41, 5.74) is -1.18. The van der Waals surface area contributed by atoms with E-state index in [1.165, 1.54) is 14.0 Å². The Bertz CT molecular complexity index is 179. The van der Waals surface area contributed by atoms with E-state index < -0.39 is 23.8 Å². The minimum absolute atomic E-state index is 0.479. The molecule has 0 radical (unpaired) electrons. The molecule has 0 amide bonds. The minimum Gasteiger partial charge on any atom is -0.458 e. The van der Waals surface area contributed by atoms with Crippen LogP contribution in [0.4, 0.5) is 0 Å². The SMILES string of the molecule is COC1(C)C(=O)OC(C)C1O. The molecule has 11 heavy (non-hydrogen) atoms. The third-order valence-electron chi connectivity index (χ3n) is 2.13. The van der Waals surface area contributed by atoms with Crippen LogP contribution >= 0.6 is 0 Å². The molecule has 64 valence electrons. The quantitative estimate of drug-likeness (QED) is 0.535. The van der Waals surface area contributed by atoms with Crippen molar-refractivity contribution in [2.24, 2.45) is 0 Å². The maximum Gasteiger partial charge on any atom is 0.341 e. The molecule has 1 aliphatic rings. The lowest BCUT2D eigenvalue weighted by atomic mass is 9.99. The zero-order chi connectivity index (χ0) is 8.65. The van der Waals surface area contributed by atoms with Crippen LogP contribution in [0.1, 0.15) is 13.8 Å². The van der Waals surface area contributed by atoms with Gasteiger partial charge in [0.2, 0.25) is 0 Å². The monoisotopic (exact) mass is 160 g/mol. The molecule has 4 heteroatoms. The number of aliphatic hydroxyl groups excluding tert-OH is 1. The van der Waals surface area contributed by atoms with Crippen molar-refractivity contribution in [1.29, 1.82) is 0 Å². The lowest BCUT2D eigenvalue weighted by Crippen LogP contribution is -2.44. The summed E-state index contributed by atoms with van der Waals surface area (Å²) in [6.45, 7) is 3.15. The maximum atomic E-state index is 11.0. The van der Waals surface area contributed by atoms with Gasteiger partial charge in [0.1, 0.15) is 12.2 Å². The molecule has 1 aliphatic heterocycles. The third kappa shape index (κ3) is 1.02. The predicted molar refractivity (Wildman–Crippen MR) is 37.0 cm³/mol. The molecule has 3 atom stereocenters. The highest BCUT2D eigenvalue weighted by Gasteiger charge is 2.52. The fourth-order valence-electron chi connectivity index (χ4n) is 1.12. The Balaban J connectivity index is 2.87. The molecule has 4 nitrogen and oxygen atoms in total. The van der Waals surface area contributed by atoms with Gasteiger partial charge in [0, 0.05) is 7.11 Å². The van der Waals surface area contributed by atoms with Gasteiger partial charge in [0.15, 0.2) is 5.60 Å². The highest BCUT2D eigenvalue weighted by Crippen LogP contribution is 2.28. The lowest BCUT2D eigenvalue weighted by Gasteiger charge is -2.21. The summed E-state index contributed by atoms with van der Waals surface area (Å²) in [4.78, 5) is 11.0. The number of carbonyl (C=O) groups is 1. The van der Waals surface area contributed by atoms with Crippen molar-refractivity contribution in [1.82, 2.24) is 0 Å². The molecule has 0 aromatic carbocycles. The average molecular weight is 160 g/mol. The molecule has 0 aliphatic carbocycles. The fraction of sp³-hybridized carbons (Fsp3) is 0.857. The van der Waals surface area contributed by atoms with Crippen molar-refractivity contribution in [3.63, 3.8) is 0 Å². The standard InChI is InChI=1S/C7H12O4/c1-4-5(8)7(2,10-3)6(9)11-4/h4-5,8H,1-3H3.